The van der Waals surface area contributed by atoms with Gasteiger partial charge in [0.05, 0.1) is 23.6 Å². The standard InChI is InChI=1S/C23H23NO4/c1-4-5-12-27-16-9-7-15(8-10-16)20-19-21(25)17-13-14(2)6-11-18(17)28-22(19)23(26)24(20)3/h6-11,13,20H,4-5,12H2,1-3H3. The fraction of sp³-hybridized carbons (Fsp3) is 0.304. The molecule has 1 unspecified atom stereocenters. The molecule has 0 bridgehead atoms. The van der Waals surface area contributed by atoms with Gasteiger partial charge in [0, 0.05) is 7.05 Å². The average Bonchev–Trinajstić information content (AvgIpc) is 2.95. The molecule has 0 saturated heterocycles. The van der Waals surface area contributed by atoms with E-state index in [1.165, 1.54) is 0 Å². The number of amides is 1. The summed E-state index contributed by atoms with van der Waals surface area (Å²) in [7, 11) is 1.70. The maximum atomic E-state index is 13.2. The van der Waals surface area contributed by atoms with Gasteiger partial charge in [0.15, 0.2) is 5.43 Å². The normalized spacial score (nSPS) is 15.9. The molecule has 5 nitrogen and oxygen atoms in total. The van der Waals surface area contributed by atoms with Crippen LogP contribution in [-0.4, -0.2) is 24.5 Å². The zero-order chi connectivity index (χ0) is 19.8. The second-order valence-electron chi connectivity index (χ2n) is 7.26. The number of ether oxygens (including phenoxy) is 1. The lowest BCUT2D eigenvalue weighted by Crippen LogP contribution is -2.25. The lowest BCUT2D eigenvalue weighted by Gasteiger charge is -2.20. The number of hydrogen-bond donors (Lipinski definition) is 0. The molecule has 0 fully saturated rings. The lowest BCUT2D eigenvalue weighted by molar-refractivity contribution is 0.0771. The molecule has 0 aliphatic carbocycles. The molecule has 4 rings (SSSR count). The van der Waals surface area contributed by atoms with E-state index in [0.717, 1.165) is 29.7 Å². The molecule has 2 heterocycles. The topological polar surface area (TPSA) is 59.8 Å². The predicted molar refractivity (Wildman–Crippen MR) is 108 cm³/mol. The Morgan fingerprint density at radius 3 is 2.57 bits per heavy atom. The monoisotopic (exact) mass is 377 g/mol. The number of aryl methyl sites for hydroxylation is 1. The predicted octanol–water partition coefficient (Wildman–Crippen LogP) is 4.46. The fourth-order valence-corrected chi connectivity index (χ4v) is 3.67. The van der Waals surface area contributed by atoms with Gasteiger partial charge in [0.2, 0.25) is 5.76 Å². The van der Waals surface area contributed by atoms with Crippen LogP contribution in [0.15, 0.2) is 51.7 Å². The van der Waals surface area contributed by atoms with Gasteiger partial charge in [0.25, 0.3) is 5.91 Å². The quantitative estimate of drug-likeness (QED) is 0.616. The highest BCUT2D eigenvalue weighted by molar-refractivity contribution is 5.98. The van der Waals surface area contributed by atoms with E-state index in [1.807, 2.05) is 43.3 Å². The van der Waals surface area contributed by atoms with Crippen LogP contribution in [-0.2, 0) is 0 Å². The van der Waals surface area contributed by atoms with Gasteiger partial charge in [-0.3, -0.25) is 9.59 Å². The van der Waals surface area contributed by atoms with Crippen LogP contribution in [0.25, 0.3) is 11.0 Å². The SMILES string of the molecule is CCCCOc1ccc(C2c3c(oc4ccc(C)cc4c3=O)C(=O)N2C)cc1. The molecule has 0 radical (unpaired) electrons. The molecule has 5 heteroatoms. The molecule has 2 aromatic carbocycles. The van der Waals surface area contributed by atoms with Crippen molar-refractivity contribution in [3.05, 3.63) is 75.1 Å². The van der Waals surface area contributed by atoms with Crippen LogP contribution in [0.5, 0.6) is 5.75 Å². The minimum absolute atomic E-state index is 0.136. The average molecular weight is 377 g/mol. The summed E-state index contributed by atoms with van der Waals surface area (Å²) >= 11 is 0. The maximum Gasteiger partial charge on any atom is 0.290 e. The molecule has 0 saturated carbocycles. The number of carbonyl (C=O) groups is 1. The molecule has 0 spiro atoms. The molecular formula is C23H23NO4. The van der Waals surface area contributed by atoms with Crippen LogP contribution in [0.3, 0.4) is 0 Å². The third-order valence-corrected chi connectivity index (χ3v) is 5.22. The number of unbranched alkanes of at least 4 members (excludes halogenated alkanes) is 1. The third-order valence-electron chi connectivity index (χ3n) is 5.22. The third kappa shape index (κ3) is 2.97. The molecule has 1 aliphatic rings. The van der Waals surface area contributed by atoms with E-state index in [1.54, 1.807) is 18.0 Å². The first-order valence-electron chi connectivity index (χ1n) is 9.58. The van der Waals surface area contributed by atoms with Crippen molar-refractivity contribution in [1.82, 2.24) is 4.90 Å². The summed E-state index contributed by atoms with van der Waals surface area (Å²) in [5.74, 6) is 0.644. The Kier molecular flexibility index (Phi) is 4.67. The minimum atomic E-state index is -0.464. The summed E-state index contributed by atoms with van der Waals surface area (Å²) in [6.07, 6.45) is 2.08. The summed E-state index contributed by atoms with van der Waals surface area (Å²) in [5.41, 5.74) is 2.53. The number of rotatable bonds is 5. The highest BCUT2D eigenvalue weighted by Gasteiger charge is 2.40. The number of benzene rings is 2. The molecular weight excluding hydrogens is 354 g/mol. The van der Waals surface area contributed by atoms with Gasteiger partial charge in [-0.2, -0.15) is 0 Å². The lowest BCUT2D eigenvalue weighted by atomic mass is 9.98. The van der Waals surface area contributed by atoms with Gasteiger partial charge >= 0.3 is 0 Å². The molecule has 1 amide bonds. The summed E-state index contributed by atoms with van der Waals surface area (Å²) < 4.78 is 11.6. The fourth-order valence-electron chi connectivity index (χ4n) is 3.67. The van der Waals surface area contributed by atoms with E-state index in [2.05, 4.69) is 6.92 Å². The molecule has 1 aromatic heterocycles. The van der Waals surface area contributed by atoms with Crippen molar-refractivity contribution in [2.75, 3.05) is 13.7 Å². The first-order chi connectivity index (χ1) is 13.5. The Morgan fingerprint density at radius 2 is 1.86 bits per heavy atom. The molecule has 1 atom stereocenters. The summed E-state index contributed by atoms with van der Waals surface area (Å²) in [6, 6.07) is 12.5. The van der Waals surface area contributed by atoms with Gasteiger partial charge in [0.1, 0.15) is 11.3 Å². The maximum absolute atomic E-state index is 13.2. The van der Waals surface area contributed by atoms with Crippen molar-refractivity contribution < 1.29 is 13.9 Å². The van der Waals surface area contributed by atoms with Gasteiger partial charge in [-0.15, -0.1) is 0 Å². The van der Waals surface area contributed by atoms with E-state index in [4.69, 9.17) is 9.15 Å². The smallest absolute Gasteiger partial charge is 0.290 e. The van der Waals surface area contributed by atoms with E-state index >= 15 is 0 Å². The van der Waals surface area contributed by atoms with Crippen molar-refractivity contribution in [1.29, 1.82) is 0 Å². The zero-order valence-corrected chi connectivity index (χ0v) is 16.3. The Bertz CT molecular complexity index is 1100. The van der Waals surface area contributed by atoms with Gasteiger partial charge in [-0.05, 0) is 43.2 Å². The first-order valence-corrected chi connectivity index (χ1v) is 9.58. The first kappa shape index (κ1) is 18.3. The molecule has 1 aliphatic heterocycles. The van der Waals surface area contributed by atoms with Crippen molar-refractivity contribution in [3.8, 4) is 5.75 Å². The molecule has 28 heavy (non-hydrogen) atoms. The summed E-state index contributed by atoms with van der Waals surface area (Å²) in [6.45, 7) is 4.72. The van der Waals surface area contributed by atoms with E-state index < -0.39 is 6.04 Å². The van der Waals surface area contributed by atoms with Crippen LogP contribution in [0.1, 0.15) is 53.1 Å². The highest BCUT2D eigenvalue weighted by Crippen LogP contribution is 2.37. The van der Waals surface area contributed by atoms with E-state index in [0.29, 0.717) is 23.1 Å². The summed E-state index contributed by atoms with van der Waals surface area (Å²) in [4.78, 5) is 27.5. The second kappa shape index (κ2) is 7.15. The number of carbonyl (C=O) groups excluding carboxylic acids is 1. The Morgan fingerprint density at radius 1 is 1.11 bits per heavy atom. The molecule has 144 valence electrons. The Hall–Kier alpha value is -3.08. The molecule has 3 aromatic rings. The van der Waals surface area contributed by atoms with Crippen LogP contribution in [0, 0.1) is 6.92 Å². The van der Waals surface area contributed by atoms with Crippen LogP contribution in [0.4, 0.5) is 0 Å². The van der Waals surface area contributed by atoms with Gasteiger partial charge < -0.3 is 14.1 Å². The van der Waals surface area contributed by atoms with E-state index in [9.17, 15) is 9.59 Å². The van der Waals surface area contributed by atoms with Crippen molar-refractivity contribution >= 4 is 16.9 Å². The second-order valence-corrected chi connectivity index (χ2v) is 7.26. The minimum Gasteiger partial charge on any atom is -0.494 e. The largest absolute Gasteiger partial charge is 0.494 e. The Labute approximate surface area is 163 Å². The number of fused-ring (bicyclic) bond motifs is 2. The van der Waals surface area contributed by atoms with Crippen LogP contribution < -0.4 is 10.2 Å². The van der Waals surface area contributed by atoms with Crippen LogP contribution >= 0.6 is 0 Å². The number of hydrogen-bond acceptors (Lipinski definition) is 4. The van der Waals surface area contributed by atoms with Crippen LogP contribution in [0.2, 0.25) is 0 Å². The van der Waals surface area contributed by atoms with Crippen molar-refractivity contribution in [2.24, 2.45) is 0 Å². The molecule has 0 N–H and O–H groups in total. The van der Waals surface area contributed by atoms with Gasteiger partial charge in [-0.1, -0.05) is 37.1 Å². The van der Waals surface area contributed by atoms with E-state index in [-0.39, 0.29) is 17.1 Å². The van der Waals surface area contributed by atoms with Gasteiger partial charge in [-0.25, -0.2) is 0 Å². The van der Waals surface area contributed by atoms with Crippen molar-refractivity contribution in [3.63, 3.8) is 0 Å². The van der Waals surface area contributed by atoms with Crippen molar-refractivity contribution in [2.45, 2.75) is 32.7 Å². The Balaban J connectivity index is 1.78. The zero-order valence-electron chi connectivity index (χ0n) is 16.3. The number of nitrogens with zero attached hydrogens (tertiary/aromatic N) is 1. The summed E-state index contributed by atoms with van der Waals surface area (Å²) in [5, 5.41) is 0.506. The highest BCUT2D eigenvalue weighted by atomic mass is 16.5.